The molecule has 7 nitrogen and oxygen atoms in total. The zero-order chi connectivity index (χ0) is 17.5. The van der Waals surface area contributed by atoms with Crippen LogP contribution < -0.4 is 5.32 Å². The molecule has 0 bridgehead atoms. The van der Waals surface area contributed by atoms with Crippen molar-refractivity contribution in [3.05, 3.63) is 59.4 Å². The number of aromatic nitrogens is 5. The molecule has 1 aliphatic rings. The highest BCUT2D eigenvalue weighted by molar-refractivity contribution is 5.77. The average Bonchev–Trinajstić information content (AvgIpc) is 3.28. The molecule has 26 heavy (non-hydrogen) atoms. The van der Waals surface area contributed by atoms with Crippen LogP contribution in [0.5, 0.6) is 0 Å². The first-order valence-electron chi connectivity index (χ1n) is 8.71. The number of fused-ring (bicyclic) bond motifs is 2. The summed E-state index contributed by atoms with van der Waals surface area (Å²) in [5, 5.41) is 13.2. The third-order valence-electron chi connectivity index (χ3n) is 4.78. The van der Waals surface area contributed by atoms with E-state index in [1.807, 2.05) is 48.3 Å². The number of pyridine rings is 1. The summed E-state index contributed by atoms with van der Waals surface area (Å²) in [6, 6.07) is 8.01. The molecular formula is C19H18N6O. The lowest BCUT2D eigenvalue weighted by atomic mass is 9.95. The predicted molar refractivity (Wildman–Crippen MR) is 96.5 cm³/mol. The second-order valence-electron chi connectivity index (χ2n) is 6.55. The van der Waals surface area contributed by atoms with Gasteiger partial charge in [0.05, 0.1) is 5.52 Å². The van der Waals surface area contributed by atoms with Crippen molar-refractivity contribution in [2.24, 2.45) is 0 Å². The van der Waals surface area contributed by atoms with Gasteiger partial charge in [-0.25, -0.2) is 0 Å². The summed E-state index contributed by atoms with van der Waals surface area (Å²) < 4.78 is 7.33. The average molecular weight is 346 g/mol. The van der Waals surface area contributed by atoms with E-state index in [1.165, 1.54) is 11.1 Å². The Labute approximate surface area is 150 Å². The summed E-state index contributed by atoms with van der Waals surface area (Å²) in [5.74, 6) is 1.15. The van der Waals surface area contributed by atoms with Crippen molar-refractivity contribution in [3.63, 3.8) is 0 Å². The first-order chi connectivity index (χ1) is 12.8. The van der Waals surface area contributed by atoms with Crippen molar-refractivity contribution < 1.29 is 4.52 Å². The van der Waals surface area contributed by atoms with Crippen LogP contribution in [0.1, 0.15) is 22.7 Å². The molecule has 0 saturated heterocycles. The Bertz CT molecular complexity index is 1060. The maximum absolute atomic E-state index is 5.50. The van der Waals surface area contributed by atoms with Gasteiger partial charge in [0.1, 0.15) is 6.54 Å². The van der Waals surface area contributed by atoms with E-state index in [4.69, 9.17) is 4.52 Å². The van der Waals surface area contributed by atoms with Gasteiger partial charge in [-0.15, -0.1) is 0 Å². The highest BCUT2D eigenvalue weighted by atomic mass is 16.5. The lowest BCUT2D eigenvalue weighted by Gasteiger charge is -2.19. The number of hydrogen-bond acceptors (Lipinski definition) is 6. The topological polar surface area (TPSA) is 81.7 Å². The fourth-order valence-corrected chi connectivity index (χ4v) is 3.52. The van der Waals surface area contributed by atoms with Gasteiger partial charge in [0.15, 0.2) is 0 Å². The molecule has 4 heterocycles. The molecule has 3 aromatic heterocycles. The molecule has 1 N–H and O–H groups in total. The number of aryl methyl sites for hydroxylation is 1. The van der Waals surface area contributed by atoms with Crippen LogP contribution in [0.2, 0.25) is 0 Å². The van der Waals surface area contributed by atoms with Crippen LogP contribution >= 0.6 is 0 Å². The normalized spacial score (nSPS) is 13.9. The van der Waals surface area contributed by atoms with Crippen molar-refractivity contribution in [1.82, 2.24) is 30.2 Å². The van der Waals surface area contributed by atoms with Gasteiger partial charge in [-0.2, -0.15) is 10.1 Å². The van der Waals surface area contributed by atoms with Gasteiger partial charge in [-0.1, -0.05) is 23.4 Å². The predicted octanol–water partition coefficient (Wildman–Crippen LogP) is 2.48. The SMILES string of the molecule is Cc1ncc2c(c1-c1noc(Cn3cc4ccccc4n3)n1)CCNC2. The molecule has 0 unspecified atom stereocenters. The van der Waals surface area contributed by atoms with Gasteiger partial charge in [0.25, 0.3) is 0 Å². The van der Waals surface area contributed by atoms with Gasteiger partial charge < -0.3 is 9.84 Å². The molecule has 0 atom stereocenters. The van der Waals surface area contributed by atoms with E-state index in [1.54, 1.807) is 0 Å². The van der Waals surface area contributed by atoms with Crippen molar-refractivity contribution in [2.75, 3.05) is 6.54 Å². The van der Waals surface area contributed by atoms with Crippen molar-refractivity contribution in [1.29, 1.82) is 0 Å². The summed E-state index contributed by atoms with van der Waals surface area (Å²) in [5.41, 5.74) is 5.37. The van der Waals surface area contributed by atoms with Crippen molar-refractivity contribution in [2.45, 2.75) is 26.4 Å². The minimum Gasteiger partial charge on any atom is -0.337 e. The number of nitrogens with one attached hydrogen (secondary N) is 1. The van der Waals surface area contributed by atoms with E-state index < -0.39 is 0 Å². The Morgan fingerprint density at radius 2 is 2.19 bits per heavy atom. The molecule has 130 valence electrons. The van der Waals surface area contributed by atoms with E-state index in [-0.39, 0.29) is 0 Å². The Morgan fingerprint density at radius 1 is 1.27 bits per heavy atom. The van der Waals surface area contributed by atoms with Crippen LogP contribution in [-0.2, 0) is 19.5 Å². The van der Waals surface area contributed by atoms with Gasteiger partial charge in [-0.3, -0.25) is 9.67 Å². The molecule has 0 radical (unpaired) electrons. The lowest BCUT2D eigenvalue weighted by Crippen LogP contribution is -2.24. The Kier molecular flexibility index (Phi) is 3.53. The van der Waals surface area contributed by atoms with Crippen LogP contribution in [0.3, 0.4) is 0 Å². The number of nitrogens with zero attached hydrogens (tertiary/aromatic N) is 5. The maximum atomic E-state index is 5.50. The molecule has 0 aliphatic carbocycles. The van der Waals surface area contributed by atoms with Crippen LogP contribution in [-0.4, -0.2) is 31.4 Å². The van der Waals surface area contributed by atoms with Crippen molar-refractivity contribution in [3.8, 4) is 11.4 Å². The Morgan fingerprint density at radius 3 is 3.12 bits per heavy atom. The summed E-state index contributed by atoms with van der Waals surface area (Å²) in [6.07, 6.45) is 4.88. The first-order valence-corrected chi connectivity index (χ1v) is 8.71. The van der Waals surface area contributed by atoms with Crippen LogP contribution in [0.4, 0.5) is 0 Å². The van der Waals surface area contributed by atoms with Gasteiger partial charge in [0, 0.05) is 35.6 Å². The standard InChI is InChI=1S/C19H18N6O/c1-12-18(15-6-7-20-8-14(15)9-21-12)19-22-17(26-24-19)11-25-10-13-4-2-3-5-16(13)23-25/h2-5,9-10,20H,6-8,11H2,1H3. The van der Waals surface area contributed by atoms with E-state index >= 15 is 0 Å². The molecule has 0 fully saturated rings. The third kappa shape index (κ3) is 2.57. The van der Waals surface area contributed by atoms with Gasteiger partial charge in [-0.05, 0) is 37.1 Å². The summed E-state index contributed by atoms with van der Waals surface area (Å²) in [6.45, 7) is 4.23. The highest BCUT2D eigenvalue weighted by Crippen LogP contribution is 2.28. The van der Waals surface area contributed by atoms with E-state index in [0.717, 1.165) is 41.7 Å². The molecule has 1 aliphatic heterocycles. The van der Waals surface area contributed by atoms with Crippen LogP contribution in [0.15, 0.2) is 41.2 Å². The van der Waals surface area contributed by atoms with Gasteiger partial charge in [0.2, 0.25) is 11.7 Å². The van der Waals surface area contributed by atoms with Gasteiger partial charge >= 0.3 is 0 Å². The first kappa shape index (κ1) is 15.2. The third-order valence-corrected chi connectivity index (χ3v) is 4.78. The summed E-state index contributed by atoms with van der Waals surface area (Å²) in [7, 11) is 0. The monoisotopic (exact) mass is 346 g/mol. The zero-order valence-corrected chi connectivity index (χ0v) is 14.4. The van der Waals surface area contributed by atoms with Crippen LogP contribution in [0.25, 0.3) is 22.3 Å². The number of benzene rings is 1. The summed E-state index contributed by atoms with van der Waals surface area (Å²) in [4.78, 5) is 9.13. The van der Waals surface area contributed by atoms with E-state index in [2.05, 4.69) is 25.5 Å². The fraction of sp³-hybridized carbons (Fsp3) is 0.263. The minimum atomic E-state index is 0.449. The molecule has 5 rings (SSSR count). The van der Waals surface area contributed by atoms with Crippen molar-refractivity contribution >= 4 is 10.9 Å². The Balaban J connectivity index is 1.49. The van der Waals surface area contributed by atoms with E-state index in [9.17, 15) is 0 Å². The zero-order valence-electron chi connectivity index (χ0n) is 14.4. The quantitative estimate of drug-likeness (QED) is 0.614. The number of rotatable bonds is 3. The smallest absolute Gasteiger partial charge is 0.248 e. The molecule has 0 spiro atoms. The molecule has 0 saturated carbocycles. The lowest BCUT2D eigenvalue weighted by molar-refractivity contribution is 0.366. The minimum absolute atomic E-state index is 0.449. The molecule has 1 aromatic carbocycles. The second kappa shape index (κ2) is 6.03. The Hall–Kier alpha value is -3.06. The molecule has 0 amide bonds. The maximum Gasteiger partial charge on any atom is 0.248 e. The number of hydrogen-bond donors (Lipinski definition) is 1. The van der Waals surface area contributed by atoms with Crippen LogP contribution in [0, 0.1) is 6.92 Å². The molecule has 4 aromatic rings. The molecular weight excluding hydrogens is 328 g/mol. The second-order valence-corrected chi connectivity index (χ2v) is 6.55. The highest BCUT2D eigenvalue weighted by Gasteiger charge is 2.21. The molecule has 7 heteroatoms. The fourth-order valence-electron chi connectivity index (χ4n) is 3.52. The van der Waals surface area contributed by atoms with E-state index in [0.29, 0.717) is 18.3 Å². The summed E-state index contributed by atoms with van der Waals surface area (Å²) >= 11 is 0. The largest absolute Gasteiger partial charge is 0.337 e.